The average Bonchev–Trinajstić information content (AvgIpc) is 1.99. The Labute approximate surface area is 63.8 Å². The lowest BCUT2D eigenvalue weighted by atomic mass is 10.1. The molecule has 1 N–H and O–H groups in total. The lowest BCUT2D eigenvalue weighted by Crippen LogP contribution is -2.23. The van der Waals surface area contributed by atoms with Gasteiger partial charge in [-0.2, -0.15) is 0 Å². The molecule has 0 radical (unpaired) electrons. The van der Waals surface area contributed by atoms with Gasteiger partial charge in [0.2, 0.25) is 0 Å². The van der Waals surface area contributed by atoms with Crippen molar-refractivity contribution in [1.82, 2.24) is 5.32 Å². The van der Waals surface area contributed by atoms with Gasteiger partial charge in [0.05, 0.1) is 0 Å². The highest BCUT2D eigenvalue weighted by molar-refractivity contribution is 5.14. The van der Waals surface area contributed by atoms with E-state index in [-0.39, 0.29) is 0 Å². The van der Waals surface area contributed by atoms with Gasteiger partial charge in [-0.05, 0) is 20.4 Å². The van der Waals surface area contributed by atoms with E-state index in [9.17, 15) is 0 Å². The van der Waals surface area contributed by atoms with Gasteiger partial charge < -0.3 is 5.32 Å². The molecule has 0 aromatic heterocycles. The number of hydrogen-bond acceptors (Lipinski definition) is 1. The fourth-order valence-electron chi connectivity index (χ4n) is 0.905. The van der Waals surface area contributed by atoms with Gasteiger partial charge in [0.1, 0.15) is 0 Å². The summed E-state index contributed by atoms with van der Waals surface area (Å²) in [6.45, 7) is 7.97. The number of allylic oxidation sites excluding steroid dienone is 2. The van der Waals surface area contributed by atoms with Gasteiger partial charge >= 0.3 is 0 Å². The van der Waals surface area contributed by atoms with Gasteiger partial charge in [0.15, 0.2) is 0 Å². The maximum absolute atomic E-state index is 3.66. The molecule has 0 aromatic carbocycles. The largest absolute Gasteiger partial charge is 0.314 e. The summed E-state index contributed by atoms with van der Waals surface area (Å²) in [7, 11) is 1.97. The number of rotatable bonds is 4. The molecule has 1 nitrogen and oxygen atoms in total. The van der Waals surface area contributed by atoms with Crippen LogP contribution in [0.25, 0.3) is 0 Å². The fraction of sp³-hybridized carbons (Fsp3) is 0.556. The fourth-order valence-corrected chi connectivity index (χ4v) is 0.905. The van der Waals surface area contributed by atoms with Crippen molar-refractivity contribution in [3.63, 3.8) is 0 Å². The van der Waals surface area contributed by atoms with Crippen molar-refractivity contribution in [3.05, 3.63) is 24.3 Å². The van der Waals surface area contributed by atoms with E-state index in [1.54, 1.807) is 0 Å². The predicted octanol–water partition coefficient (Wildman–Crippen LogP) is 2.12. The Balaban J connectivity index is 4.04. The van der Waals surface area contributed by atoms with Crippen LogP contribution in [0.1, 0.15) is 20.3 Å². The highest BCUT2D eigenvalue weighted by atomic mass is 14.9. The van der Waals surface area contributed by atoms with Crippen molar-refractivity contribution in [1.29, 1.82) is 0 Å². The van der Waals surface area contributed by atoms with E-state index in [1.165, 1.54) is 5.57 Å². The van der Waals surface area contributed by atoms with Crippen molar-refractivity contribution in [2.45, 2.75) is 26.3 Å². The third-order valence-corrected chi connectivity index (χ3v) is 1.73. The molecule has 1 heteroatoms. The molecule has 0 fully saturated rings. The second-order valence-corrected chi connectivity index (χ2v) is 2.34. The van der Waals surface area contributed by atoms with Crippen LogP contribution in [-0.4, -0.2) is 13.1 Å². The first-order valence-corrected chi connectivity index (χ1v) is 3.75. The second-order valence-electron chi connectivity index (χ2n) is 2.34. The van der Waals surface area contributed by atoms with Crippen molar-refractivity contribution in [3.8, 4) is 0 Å². The molecule has 0 bridgehead atoms. The third-order valence-electron chi connectivity index (χ3n) is 1.73. The molecule has 0 aliphatic rings. The Hall–Kier alpha value is -0.560. The molecule has 0 heterocycles. The topological polar surface area (TPSA) is 12.0 Å². The first-order chi connectivity index (χ1) is 4.76. The zero-order valence-corrected chi connectivity index (χ0v) is 7.15. The van der Waals surface area contributed by atoms with Crippen LogP contribution in [0.3, 0.4) is 0 Å². The normalized spacial score (nSPS) is 14.9. The summed E-state index contributed by atoms with van der Waals surface area (Å²) in [5, 5.41) is 3.18. The van der Waals surface area contributed by atoms with Gasteiger partial charge in [-0.3, -0.25) is 0 Å². The SMILES string of the molecule is C=C/C=C(\CC)C(C)NC. The minimum absolute atomic E-state index is 0.475. The van der Waals surface area contributed by atoms with E-state index in [4.69, 9.17) is 0 Å². The number of likely N-dealkylation sites (N-methyl/N-ethyl adjacent to an activating group) is 1. The standard InChI is InChI=1S/C9H17N/c1-5-7-9(6-2)8(3)10-4/h5,7-8,10H,1,6H2,2-4H3/b9-7+. The van der Waals surface area contributed by atoms with Gasteiger partial charge in [-0.25, -0.2) is 0 Å². The van der Waals surface area contributed by atoms with Crippen LogP contribution in [0.4, 0.5) is 0 Å². The quantitative estimate of drug-likeness (QED) is 0.588. The van der Waals surface area contributed by atoms with Crippen molar-refractivity contribution in [2.24, 2.45) is 0 Å². The lowest BCUT2D eigenvalue weighted by molar-refractivity contribution is 0.671. The molecular formula is C9H17N. The third kappa shape index (κ3) is 2.83. The minimum Gasteiger partial charge on any atom is -0.314 e. The minimum atomic E-state index is 0.475. The van der Waals surface area contributed by atoms with E-state index in [2.05, 4.69) is 31.8 Å². The van der Waals surface area contributed by atoms with Crippen LogP contribution >= 0.6 is 0 Å². The summed E-state index contributed by atoms with van der Waals surface area (Å²) in [6, 6.07) is 0.475. The van der Waals surface area contributed by atoms with Crippen LogP contribution in [0.2, 0.25) is 0 Å². The van der Waals surface area contributed by atoms with Gasteiger partial charge in [-0.1, -0.05) is 31.2 Å². The molecule has 0 aliphatic carbocycles. The number of nitrogens with one attached hydrogen (secondary N) is 1. The van der Waals surface area contributed by atoms with Gasteiger partial charge in [0, 0.05) is 6.04 Å². The van der Waals surface area contributed by atoms with E-state index >= 15 is 0 Å². The molecule has 10 heavy (non-hydrogen) atoms. The second kappa shape index (κ2) is 5.24. The molecule has 0 saturated carbocycles. The summed E-state index contributed by atoms with van der Waals surface area (Å²) in [5.41, 5.74) is 1.40. The molecular weight excluding hydrogens is 122 g/mol. The summed E-state index contributed by atoms with van der Waals surface area (Å²) < 4.78 is 0. The smallest absolute Gasteiger partial charge is 0.0251 e. The Kier molecular flexibility index (Phi) is 4.95. The van der Waals surface area contributed by atoms with Crippen LogP contribution in [0.5, 0.6) is 0 Å². The van der Waals surface area contributed by atoms with Crippen LogP contribution < -0.4 is 5.32 Å². The predicted molar refractivity (Wildman–Crippen MR) is 47.1 cm³/mol. The summed E-state index contributed by atoms with van der Waals surface area (Å²) in [6.07, 6.45) is 5.00. The first kappa shape index (κ1) is 9.44. The van der Waals surface area contributed by atoms with E-state index in [1.807, 2.05) is 13.1 Å². The molecule has 1 atom stereocenters. The Bertz CT molecular complexity index is 125. The highest BCUT2D eigenvalue weighted by Gasteiger charge is 2.00. The van der Waals surface area contributed by atoms with Crippen LogP contribution in [-0.2, 0) is 0 Å². The van der Waals surface area contributed by atoms with Gasteiger partial charge in [0.25, 0.3) is 0 Å². The monoisotopic (exact) mass is 139 g/mol. The van der Waals surface area contributed by atoms with Crippen LogP contribution in [0.15, 0.2) is 24.3 Å². The maximum Gasteiger partial charge on any atom is 0.0251 e. The number of hydrogen-bond donors (Lipinski definition) is 1. The maximum atomic E-state index is 3.66. The summed E-state index contributed by atoms with van der Waals surface area (Å²) in [5.74, 6) is 0. The van der Waals surface area contributed by atoms with Crippen molar-refractivity contribution >= 4 is 0 Å². The average molecular weight is 139 g/mol. The highest BCUT2D eigenvalue weighted by Crippen LogP contribution is 2.05. The summed E-state index contributed by atoms with van der Waals surface area (Å²) in [4.78, 5) is 0. The Morgan fingerprint density at radius 2 is 2.30 bits per heavy atom. The summed E-state index contributed by atoms with van der Waals surface area (Å²) >= 11 is 0. The Morgan fingerprint density at radius 1 is 1.70 bits per heavy atom. The molecule has 58 valence electrons. The van der Waals surface area contributed by atoms with Crippen molar-refractivity contribution in [2.75, 3.05) is 7.05 Å². The zero-order valence-electron chi connectivity index (χ0n) is 7.15. The molecule has 0 aromatic rings. The molecule has 0 rings (SSSR count). The van der Waals surface area contributed by atoms with E-state index in [0.29, 0.717) is 6.04 Å². The van der Waals surface area contributed by atoms with Crippen LogP contribution in [0, 0.1) is 0 Å². The van der Waals surface area contributed by atoms with E-state index < -0.39 is 0 Å². The Morgan fingerprint density at radius 3 is 2.60 bits per heavy atom. The lowest BCUT2D eigenvalue weighted by Gasteiger charge is -2.12. The van der Waals surface area contributed by atoms with Gasteiger partial charge in [-0.15, -0.1) is 0 Å². The van der Waals surface area contributed by atoms with Crippen molar-refractivity contribution < 1.29 is 0 Å². The molecule has 0 aliphatic heterocycles. The molecule has 0 amide bonds. The molecule has 0 spiro atoms. The molecule has 1 unspecified atom stereocenters. The first-order valence-electron chi connectivity index (χ1n) is 3.75. The zero-order chi connectivity index (χ0) is 7.98. The molecule has 0 saturated heterocycles. The van der Waals surface area contributed by atoms with E-state index in [0.717, 1.165) is 6.42 Å².